The van der Waals surface area contributed by atoms with Crippen molar-refractivity contribution in [2.75, 3.05) is 24.1 Å². The Bertz CT molecular complexity index is 2040. The van der Waals surface area contributed by atoms with Gasteiger partial charge in [0.25, 0.3) is 0 Å². The molecule has 0 saturated carbocycles. The molecule has 0 bridgehead atoms. The van der Waals surface area contributed by atoms with Crippen molar-refractivity contribution in [1.82, 2.24) is 49.8 Å². The summed E-state index contributed by atoms with van der Waals surface area (Å²) in [5.74, 6) is 0.708. The molecule has 6 aromatic rings. The van der Waals surface area contributed by atoms with E-state index in [2.05, 4.69) is 87.6 Å². The van der Waals surface area contributed by atoms with Gasteiger partial charge < -0.3 is 9.47 Å². The maximum absolute atomic E-state index is 6.28. The summed E-state index contributed by atoms with van der Waals surface area (Å²) in [6.07, 6.45) is 4.80. The van der Waals surface area contributed by atoms with Gasteiger partial charge in [0.05, 0.1) is 37.0 Å². The fourth-order valence-corrected chi connectivity index (χ4v) is 5.12. The van der Waals surface area contributed by atoms with E-state index >= 15 is 0 Å². The predicted molar refractivity (Wildman–Crippen MR) is 172 cm³/mol. The van der Waals surface area contributed by atoms with Gasteiger partial charge in [-0.15, -0.1) is 0 Å². The number of hydrogen-bond acceptors (Lipinski definition) is 14. The van der Waals surface area contributed by atoms with E-state index < -0.39 is 0 Å². The van der Waals surface area contributed by atoms with Gasteiger partial charge in [-0.2, -0.15) is 19.9 Å². The molecule has 0 radical (unpaired) electrons. The molecule has 0 atom stereocenters. The van der Waals surface area contributed by atoms with E-state index in [0.717, 1.165) is 10.0 Å². The van der Waals surface area contributed by atoms with Crippen LogP contribution in [0.4, 0.5) is 11.9 Å². The normalized spacial score (nSPS) is 11.1. The highest BCUT2D eigenvalue weighted by molar-refractivity contribution is 9.11. The molecule has 6 aromatic heterocycles. The molecule has 0 aromatic carbocycles. The summed E-state index contributed by atoms with van der Waals surface area (Å²) in [7, 11) is 0. The van der Waals surface area contributed by atoms with E-state index in [1.165, 1.54) is 6.20 Å². The van der Waals surface area contributed by atoms with Crippen molar-refractivity contribution in [3.8, 4) is 34.3 Å². The summed E-state index contributed by atoms with van der Waals surface area (Å²) in [6, 6.07) is 5.20. The fourth-order valence-electron chi connectivity index (χ4n) is 3.93. The Morgan fingerprint density at radius 2 is 1.25 bits per heavy atom. The monoisotopic (exact) mass is 758 g/mol. The molecule has 2 N–H and O–H groups in total. The van der Waals surface area contributed by atoms with Crippen LogP contribution in [0.5, 0.6) is 11.8 Å². The van der Waals surface area contributed by atoms with Gasteiger partial charge in [-0.25, -0.2) is 29.9 Å². The van der Waals surface area contributed by atoms with Crippen LogP contribution in [0, 0.1) is 0 Å². The Morgan fingerprint density at radius 1 is 0.682 bits per heavy atom. The first-order valence-electron chi connectivity index (χ1n) is 12.8. The van der Waals surface area contributed by atoms with Crippen LogP contribution in [-0.4, -0.2) is 63.1 Å². The van der Waals surface area contributed by atoms with Gasteiger partial charge in [0.15, 0.2) is 22.3 Å². The molecule has 18 heteroatoms. The second-order valence-corrected chi connectivity index (χ2v) is 11.1. The van der Waals surface area contributed by atoms with Gasteiger partial charge in [-0.05, 0) is 63.9 Å². The molecular weight excluding hydrogens is 743 g/mol. The number of aromatic nitrogens is 10. The molecule has 0 aliphatic rings. The summed E-state index contributed by atoms with van der Waals surface area (Å²) in [4.78, 5) is 44.5. The minimum atomic E-state index is 0.129. The number of fused-ring (bicyclic) bond motifs is 2. The Morgan fingerprint density at radius 3 is 1.80 bits per heavy atom. The topological polar surface area (TPSA) is 171 Å². The summed E-state index contributed by atoms with van der Waals surface area (Å²) in [5.41, 5.74) is 9.37. The van der Waals surface area contributed by atoms with E-state index in [1.54, 1.807) is 24.5 Å². The Balaban J connectivity index is 1.31. The minimum absolute atomic E-state index is 0.129. The fraction of sp³-hybridized carbons (Fsp3) is 0.154. The van der Waals surface area contributed by atoms with Crippen LogP contribution in [0.25, 0.3) is 44.8 Å². The quantitative estimate of drug-likeness (QED) is 0.123. The average Bonchev–Trinajstić information content (AvgIpc) is 3.01. The number of hydrogen-bond donors (Lipinski definition) is 2. The maximum atomic E-state index is 6.28. The lowest BCUT2D eigenvalue weighted by Gasteiger charge is -2.13. The van der Waals surface area contributed by atoms with Crippen molar-refractivity contribution in [3.63, 3.8) is 0 Å². The Labute approximate surface area is 275 Å². The number of rotatable bonds is 9. The summed E-state index contributed by atoms with van der Waals surface area (Å²) < 4.78 is 12.9. The summed E-state index contributed by atoms with van der Waals surface area (Å²) >= 11 is 19.1. The average molecular weight is 761 g/mol. The smallest absolute Gasteiger partial charge is 0.247 e. The second kappa shape index (κ2) is 12.9. The number of nitrogens with zero attached hydrogens (tertiary/aromatic N) is 10. The third kappa shape index (κ3) is 6.24. The number of anilines is 2. The highest BCUT2D eigenvalue weighted by Gasteiger charge is 2.18. The molecule has 6 heterocycles. The number of ether oxygens (including phenoxy) is 2. The first-order chi connectivity index (χ1) is 21.3. The van der Waals surface area contributed by atoms with E-state index in [4.69, 9.17) is 37.7 Å². The zero-order chi connectivity index (χ0) is 30.8. The van der Waals surface area contributed by atoms with Crippen LogP contribution in [0.1, 0.15) is 13.8 Å². The number of pyridine rings is 2. The van der Waals surface area contributed by atoms with Crippen molar-refractivity contribution >= 4 is 89.3 Å². The van der Waals surface area contributed by atoms with Crippen LogP contribution in [-0.2, 0) is 0 Å². The van der Waals surface area contributed by atoms with Crippen LogP contribution in [0.15, 0.2) is 45.9 Å². The number of halogens is 4. The molecule has 6 rings (SSSR count). The zero-order valence-corrected chi connectivity index (χ0v) is 27.4. The number of hydrazine groups is 1. The van der Waals surface area contributed by atoms with Crippen molar-refractivity contribution in [1.29, 1.82) is 0 Å². The number of nitrogens with one attached hydrogen (secondary N) is 2. The van der Waals surface area contributed by atoms with E-state index in [1.807, 2.05) is 19.9 Å². The molecule has 14 nitrogen and oxygen atoms in total. The van der Waals surface area contributed by atoms with Gasteiger partial charge in [0, 0.05) is 21.8 Å². The van der Waals surface area contributed by atoms with Crippen LogP contribution >= 0.6 is 55.1 Å². The summed E-state index contributed by atoms with van der Waals surface area (Å²) in [5, 5.41) is 0.453. The standard InChI is InChI=1S/C26H18Br2Cl2N12O2/c1-3-43-23-17-21(32-9-14(34-17)12-5-6-16(29)36-20(12)30)37-25(39-23)41-42-26-38-22-18(24(40-26)44-4-2)35-15(10-33-22)13-7-11(27)8-31-19(13)28/h5-10H,3-4H2,1-2H3,(H,32,37,39,41)(H,33,38,40,42). The zero-order valence-electron chi connectivity index (χ0n) is 22.7. The maximum Gasteiger partial charge on any atom is 0.247 e. The third-order valence-corrected chi connectivity index (χ3v) is 7.33. The lowest BCUT2D eigenvalue weighted by molar-refractivity contribution is 0.330. The van der Waals surface area contributed by atoms with Gasteiger partial charge in [0.2, 0.25) is 23.7 Å². The first kappa shape index (κ1) is 29.9. The lowest BCUT2D eigenvalue weighted by Crippen LogP contribution is -2.16. The summed E-state index contributed by atoms with van der Waals surface area (Å²) in [6.45, 7) is 4.34. The van der Waals surface area contributed by atoms with Crippen LogP contribution in [0.2, 0.25) is 10.3 Å². The molecule has 0 amide bonds. The molecule has 44 heavy (non-hydrogen) atoms. The van der Waals surface area contributed by atoms with E-state index in [9.17, 15) is 0 Å². The minimum Gasteiger partial charge on any atom is -0.476 e. The molecule has 0 fully saturated rings. The van der Waals surface area contributed by atoms with Crippen LogP contribution < -0.4 is 20.3 Å². The molecule has 0 spiro atoms. The van der Waals surface area contributed by atoms with Crippen LogP contribution in [0.3, 0.4) is 0 Å². The van der Waals surface area contributed by atoms with Gasteiger partial charge in [0.1, 0.15) is 14.9 Å². The molecule has 0 aliphatic carbocycles. The highest BCUT2D eigenvalue weighted by atomic mass is 79.9. The largest absolute Gasteiger partial charge is 0.476 e. The van der Waals surface area contributed by atoms with E-state index in [0.29, 0.717) is 51.4 Å². The van der Waals surface area contributed by atoms with Gasteiger partial charge in [-0.1, -0.05) is 23.2 Å². The highest BCUT2D eigenvalue weighted by Crippen LogP contribution is 2.31. The SMILES string of the molecule is CCOc1nc(NNc2nc(OCC)c3nc(-c4cc(Br)cnc4Br)cnc3n2)nc2ncc(-c3ccc(Cl)nc3Cl)nc12. The van der Waals surface area contributed by atoms with Crippen molar-refractivity contribution in [3.05, 3.63) is 56.2 Å². The second-order valence-electron chi connectivity index (χ2n) is 8.64. The Kier molecular flexibility index (Phi) is 8.74. The first-order valence-corrected chi connectivity index (χ1v) is 15.2. The lowest BCUT2D eigenvalue weighted by atomic mass is 10.2. The molecule has 0 unspecified atom stereocenters. The van der Waals surface area contributed by atoms with Crippen molar-refractivity contribution < 1.29 is 9.47 Å². The molecule has 0 saturated heterocycles. The molecule has 222 valence electrons. The molecule has 0 aliphatic heterocycles. The Hall–Kier alpha value is -4.12. The van der Waals surface area contributed by atoms with E-state index in [-0.39, 0.29) is 39.6 Å². The predicted octanol–water partition coefficient (Wildman–Crippen LogP) is 6.35. The third-order valence-electron chi connectivity index (χ3n) is 5.77. The van der Waals surface area contributed by atoms with Gasteiger partial charge in [-0.3, -0.25) is 10.9 Å². The van der Waals surface area contributed by atoms with Gasteiger partial charge >= 0.3 is 0 Å². The molecular formula is C26H18Br2Cl2N12O2. The van der Waals surface area contributed by atoms with Crippen molar-refractivity contribution in [2.24, 2.45) is 0 Å². The van der Waals surface area contributed by atoms with Crippen molar-refractivity contribution in [2.45, 2.75) is 13.8 Å².